The fourth-order valence-corrected chi connectivity index (χ4v) is 2.35. The highest BCUT2D eigenvalue weighted by Gasteiger charge is 2.06. The van der Waals surface area contributed by atoms with Crippen LogP contribution in [0.5, 0.6) is 0 Å². The molecule has 1 aromatic heterocycles. The molecule has 0 aliphatic rings. The maximum absolute atomic E-state index is 12.1. The molecular formula is C19H17N3O. The van der Waals surface area contributed by atoms with Gasteiger partial charge in [-0.3, -0.25) is 4.79 Å². The summed E-state index contributed by atoms with van der Waals surface area (Å²) in [6.07, 6.45) is 1.91. The van der Waals surface area contributed by atoms with E-state index in [-0.39, 0.29) is 12.3 Å². The Hall–Kier alpha value is -3.01. The van der Waals surface area contributed by atoms with Crippen LogP contribution >= 0.6 is 0 Å². The largest absolute Gasteiger partial charge is 0.326 e. The van der Waals surface area contributed by atoms with Crippen molar-refractivity contribution in [1.29, 1.82) is 0 Å². The van der Waals surface area contributed by atoms with Gasteiger partial charge in [-0.2, -0.15) is 0 Å². The molecule has 0 unspecified atom stereocenters. The zero-order valence-electron chi connectivity index (χ0n) is 12.9. The van der Waals surface area contributed by atoms with Crippen LogP contribution in [0.25, 0.3) is 11.1 Å². The van der Waals surface area contributed by atoms with Crippen molar-refractivity contribution < 1.29 is 4.79 Å². The Morgan fingerprint density at radius 1 is 0.957 bits per heavy atom. The molecule has 0 aliphatic carbocycles. The van der Waals surface area contributed by atoms with Crippen LogP contribution in [0.15, 0.2) is 66.9 Å². The van der Waals surface area contributed by atoms with Gasteiger partial charge in [0, 0.05) is 11.9 Å². The molecule has 0 fully saturated rings. The van der Waals surface area contributed by atoms with Crippen molar-refractivity contribution in [2.75, 3.05) is 5.32 Å². The van der Waals surface area contributed by atoms with E-state index < -0.39 is 0 Å². The van der Waals surface area contributed by atoms with Crippen LogP contribution in [-0.2, 0) is 11.2 Å². The van der Waals surface area contributed by atoms with Gasteiger partial charge in [-0.25, -0.2) is 9.97 Å². The Morgan fingerprint density at radius 2 is 1.65 bits per heavy atom. The summed E-state index contributed by atoms with van der Waals surface area (Å²) in [6.45, 7) is 1.81. The minimum absolute atomic E-state index is 0.0874. The summed E-state index contributed by atoms with van der Waals surface area (Å²) >= 11 is 0. The summed E-state index contributed by atoms with van der Waals surface area (Å²) in [5.74, 6) is 0.582. The van der Waals surface area contributed by atoms with Gasteiger partial charge < -0.3 is 5.32 Å². The van der Waals surface area contributed by atoms with Gasteiger partial charge in [0.25, 0.3) is 0 Å². The summed E-state index contributed by atoms with van der Waals surface area (Å²) in [7, 11) is 0. The van der Waals surface area contributed by atoms with Crippen molar-refractivity contribution in [3.8, 4) is 11.1 Å². The zero-order valence-corrected chi connectivity index (χ0v) is 12.9. The minimum atomic E-state index is -0.0874. The van der Waals surface area contributed by atoms with E-state index in [2.05, 4.69) is 27.4 Å². The monoisotopic (exact) mass is 303 g/mol. The Bertz CT molecular complexity index is 798. The Kier molecular flexibility index (Phi) is 4.43. The molecule has 114 valence electrons. The predicted molar refractivity (Wildman–Crippen MR) is 91.0 cm³/mol. The topological polar surface area (TPSA) is 54.9 Å². The van der Waals surface area contributed by atoms with Gasteiger partial charge in [0.05, 0.1) is 12.1 Å². The molecule has 0 atom stereocenters. The number of hydrogen-bond donors (Lipinski definition) is 1. The fraction of sp³-hybridized carbons (Fsp3) is 0.105. The average Bonchev–Trinajstić information content (AvgIpc) is 2.56. The van der Waals surface area contributed by atoms with E-state index in [0.717, 1.165) is 22.5 Å². The number of rotatable bonds is 4. The van der Waals surface area contributed by atoms with Crippen LogP contribution in [0, 0.1) is 6.92 Å². The summed E-state index contributed by atoms with van der Waals surface area (Å²) in [5, 5.41) is 2.89. The molecule has 23 heavy (non-hydrogen) atoms. The van der Waals surface area contributed by atoms with Gasteiger partial charge >= 0.3 is 0 Å². The summed E-state index contributed by atoms with van der Waals surface area (Å²) in [5.41, 5.74) is 3.77. The van der Waals surface area contributed by atoms with E-state index >= 15 is 0 Å². The quantitative estimate of drug-likeness (QED) is 0.800. The summed E-state index contributed by atoms with van der Waals surface area (Å²) in [6, 6.07) is 19.7. The van der Waals surface area contributed by atoms with Crippen molar-refractivity contribution in [3.05, 3.63) is 78.4 Å². The lowest BCUT2D eigenvalue weighted by Gasteiger charge is -2.07. The van der Waals surface area contributed by atoms with Gasteiger partial charge in [0.1, 0.15) is 5.82 Å². The van der Waals surface area contributed by atoms with Crippen molar-refractivity contribution in [3.63, 3.8) is 0 Å². The van der Waals surface area contributed by atoms with E-state index in [9.17, 15) is 4.79 Å². The van der Waals surface area contributed by atoms with Crippen LogP contribution in [0.1, 0.15) is 11.5 Å². The SMILES string of the molecule is Cc1nccc(CC(=O)Nc2ccc(-c3ccccc3)cc2)n1. The average molecular weight is 303 g/mol. The maximum Gasteiger partial charge on any atom is 0.230 e. The highest BCUT2D eigenvalue weighted by Crippen LogP contribution is 2.21. The molecule has 1 amide bonds. The predicted octanol–water partition coefficient (Wildman–Crippen LogP) is 3.63. The number of aryl methyl sites for hydroxylation is 1. The normalized spacial score (nSPS) is 10.3. The van der Waals surface area contributed by atoms with Crippen LogP contribution < -0.4 is 5.32 Å². The van der Waals surface area contributed by atoms with Gasteiger partial charge in [-0.15, -0.1) is 0 Å². The number of hydrogen-bond acceptors (Lipinski definition) is 3. The lowest BCUT2D eigenvalue weighted by Crippen LogP contribution is -2.15. The fourth-order valence-electron chi connectivity index (χ4n) is 2.35. The number of anilines is 1. The maximum atomic E-state index is 12.1. The smallest absolute Gasteiger partial charge is 0.230 e. The van der Waals surface area contributed by atoms with E-state index in [1.807, 2.05) is 49.4 Å². The second-order valence-corrected chi connectivity index (χ2v) is 5.26. The number of benzene rings is 2. The van der Waals surface area contributed by atoms with Gasteiger partial charge in [-0.05, 0) is 36.2 Å². The molecule has 1 N–H and O–H groups in total. The van der Waals surface area contributed by atoms with Crippen LogP contribution in [0.4, 0.5) is 5.69 Å². The standard InChI is InChI=1S/C19H17N3O/c1-14-20-12-11-18(21-14)13-19(23)22-17-9-7-16(8-10-17)15-5-3-2-4-6-15/h2-12H,13H2,1H3,(H,22,23). The van der Waals surface area contributed by atoms with Gasteiger partial charge in [0.15, 0.2) is 0 Å². The third kappa shape index (κ3) is 4.01. The van der Waals surface area contributed by atoms with E-state index in [1.54, 1.807) is 12.3 Å². The van der Waals surface area contributed by atoms with Crippen LogP contribution in [-0.4, -0.2) is 15.9 Å². The molecule has 0 saturated carbocycles. The highest BCUT2D eigenvalue weighted by atomic mass is 16.1. The number of amides is 1. The first-order valence-corrected chi connectivity index (χ1v) is 7.44. The molecule has 4 nitrogen and oxygen atoms in total. The molecule has 0 radical (unpaired) electrons. The van der Waals surface area contributed by atoms with Crippen molar-refractivity contribution >= 4 is 11.6 Å². The molecule has 0 bridgehead atoms. The minimum Gasteiger partial charge on any atom is -0.326 e. The van der Waals surface area contributed by atoms with Crippen molar-refractivity contribution in [2.24, 2.45) is 0 Å². The first-order valence-electron chi connectivity index (χ1n) is 7.44. The van der Waals surface area contributed by atoms with Crippen molar-refractivity contribution in [1.82, 2.24) is 9.97 Å². The molecule has 3 rings (SSSR count). The zero-order chi connectivity index (χ0) is 16.1. The molecule has 3 aromatic rings. The molecule has 1 heterocycles. The van der Waals surface area contributed by atoms with Crippen molar-refractivity contribution in [2.45, 2.75) is 13.3 Å². The summed E-state index contributed by atoms with van der Waals surface area (Å²) in [4.78, 5) is 20.3. The van der Waals surface area contributed by atoms with Crippen LogP contribution in [0.3, 0.4) is 0 Å². The second-order valence-electron chi connectivity index (χ2n) is 5.26. The molecule has 0 saturated heterocycles. The number of nitrogens with zero attached hydrogens (tertiary/aromatic N) is 2. The first-order chi connectivity index (χ1) is 11.2. The summed E-state index contributed by atoms with van der Waals surface area (Å²) < 4.78 is 0. The lowest BCUT2D eigenvalue weighted by molar-refractivity contribution is -0.115. The third-order valence-corrected chi connectivity index (χ3v) is 3.45. The van der Waals surface area contributed by atoms with Crippen LogP contribution in [0.2, 0.25) is 0 Å². The van der Waals surface area contributed by atoms with E-state index in [0.29, 0.717) is 5.82 Å². The number of carbonyl (C=O) groups is 1. The highest BCUT2D eigenvalue weighted by molar-refractivity contribution is 5.92. The molecular weight excluding hydrogens is 286 g/mol. The Balaban J connectivity index is 1.65. The molecule has 0 spiro atoms. The first kappa shape index (κ1) is 14.9. The van der Waals surface area contributed by atoms with Gasteiger partial charge in [-0.1, -0.05) is 42.5 Å². The van der Waals surface area contributed by atoms with E-state index in [4.69, 9.17) is 0 Å². The molecule has 4 heteroatoms. The number of aromatic nitrogens is 2. The number of nitrogens with one attached hydrogen (secondary N) is 1. The van der Waals surface area contributed by atoms with Gasteiger partial charge in [0.2, 0.25) is 5.91 Å². The Labute approximate surface area is 135 Å². The number of carbonyl (C=O) groups excluding carboxylic acids is 1. The third-order valence-electron chi connectivity index (χ3n) is 3.45. The lowest BCUT2D eigenvalue weighted by atomic mass is 10.1. The van der Waals surface area contributed by atoms with E-state index in [1.165, 1.54) is 0 Å². The Morgan fingerprint density at radius 3 is 2.35 bits per heavy atom. The molecule has 2 aromatic carbocycles. The molecule has 0 aliphatic heterocycles. The second kappa shape index (κ2) is 6.83.